The van der Waals surface area contributed by atoms with E-state index in [4.69, 9.17) is 11.6 Å². The largest absolute Gasteiger partial charge is 0.333 e. The first kappa shape index (κ1) is 17.0. The Labute approximate surface area is 138 Å². The summed E-state index contributed by atoms with van der Waals surface area (Å²) in [7, 11) is 0. The summed E-state index contributed by atoms with van der Waals surface area (Å²) >= 11 is 5.77. The van der Waals surface area contributed by atoms with Crippen molar-refractivity contribution in [2.24, 2.45) is 0 Å². The maximum atomic E-state index is 12.2. The van der Waals surface area contributed by atoms with Gasteiger partial charge in [0.05, 0.1) is 0 Å². The van der Waals surface area contributed by atoms with E-state index in [1.807, 2.05) is 0 Å². The second-order valence-corrected chi connectivity index (χ2v) is 5.33. The fraction of sp³-hybridized carbons (Fsp3) is 0.333. The first-order valence-electron chi connectivity index (χ1n) is 7.02. The van der Waals surface area contributed by atoms with Gasteiger partial charge in [0.15, 0.2) is 0 Å². The molecule has 121 valence electrons. The van der Waals surface area contributed by atoms with Crippen LogP contribution in [0.5, 0.6) is 0 Å². The molecule has 0 aliphatic carbocycles. The van der Waals surface area contributed by atoms with E-state index >= 15 is 0 Å². The van der Waals surface area contributed by atoms with Gasteiger partial charge in [0.2, 0.25) is 6.29 Å². The van der Waals surface area contributed by atoms with Gasteiger partial charge in [-0.05, 0) is 24.6 Å². The monoisotopic (exact) mass is 336 g/mol. The molecule has 4 amide bonds. The minimum atomic E-state index is -1.05. The van der Waals surface area contributed by atoms with Gasteiger partial charge < -0.3 is 10.2 Å². The first-order valence-corrected chi connectivity index (χ1v) is 7.40. The number of imide groups is 1. The van der Waals surface area contributed by atoms with Crippen LogP contribution in [0, 0.1) is 0 Å². The maximum Gasteiger partial charge on any atom is 0.325 e. The predicted molar refractivity (Wildman–Crippen MR) is 82.4 cm³/mol. The quantitative estimate of drug-likeness (QED) is 0.827. The number of nitrogens with zero attached hydrogens (tertiary/aromatic N) is 2. The molecule has 1 heterocycles. The third-order valence-electron chi connectivity index (χ3n) is 3.52. The van der Waals surface area contributed by atoms with Gasteiger partial charge in [-0.15, -0.1) is 0 Å². The van der Waals surface area contributed by atoms with Crippen LogP contribution in [0.15, 0.2) is 24.3 Å². The van der Waals surface area contributed by atoms with E-state index in [-0.39, 0.29) is 13.1 Å². The summed E-state index contributed by atoms with van der Waals surface area (Å²) in [5, 5.41) is 2.87. The van der Waals surface area contributed by atoms with E-state index in [0.717, 1.165) is 4.90 Å². The molecular formula is C15H15ClN3O4. The Morgan fingerprint density at radius 3 is 2.48 bits per heavy atom. The number of nitrogens with one attached hydrogen (secondary N) is 1. The standard InChI is InChI=1S/C15H15ClN3O4/c1-2-18-7-8-19(14(22)13(18)21)15(23)17-12(9-20)10-3-5-11(16)6-4-10/h3-6,12H,2,7-8H2,1H3,(H,17,23). The minimum absolute atomic E-state index is 0.0798. The van der Waals surface area contributed by atoms with Crippen molar-refractivity contribution in [3.05, 3.63) is 34.9 Å². The Hall–Kier alpha value is -2.41. The van der Waals surface area contributed by atoms with Gasteiger partial charge in [-0.1, -0.05) is 23.7 Å². The molecule has 1 aliphatic rings. The average molecular weight is 337 g/mol. The van der Waals surface area contributed by atoms with Gasteiger partial charge >= 0.3 is 17.8 Å². The lowest BCUT2D eigenvalue weighted by molar-refractivity contribution is -0.153. The molecule has 1 aromatic carbocycles. The molecule has 1 aromatic rings. The third kappa shape index (κ3) is 3.68. The molecule has 1 saturated heterocycles. The highest BCUT2D eigenvalue weighted by Gasteiger charge is 2.36. The molecule has 0 bridgehead atoms. The molecule has 1 unspecified atom stereocenters. The van der Waals surface area contributed by atoms with E-state index in [9.17, 15) is 19.2 Å². The smallest absolute Gasteiger partial charge is 0.325 e. The van der Waals surface area contributed by atoms with Crippen molar-refractivity contribution in [3.63, 3.8) is 0 Å². The van der Waals surface area contributed by atoms with Crippen LogP contribution in [0.25, 0.3) is 0 Å². The molecule has 23 heavy (non-hydrogen) atoms. The maximum absolute atomic E-state index is 12.2. The molecule has 8 heteroatoms. The minimum Gasteiger partial charge on any atom is -0.333 e. The van der Waals surface area contributed by atoms with Crippen LogP contribution < -0.4 is 5.32 Å². The Kier molecular flexibility index (Phi) is 5.33. The van der Waals surface area contributed by atoms with Crippen molar-refractivity contribution in [3.8, 4) is 0 Å². The number of halogens is 1. The summed E-state index contributed by atoms with van der Waals surface area (Å²) in [6.07, 6.45) is 1.70. The number of hydrogen-bond acceptors (Lipinski definition) is 4. The fourth-order valence-electron chi connectivity index (χ4n) is 2.21. The number of hydrogen-bond donors (Lipinski definition) is 1. The highest BCUT2D eigenvalue weighted by Crippen LogP contribution is 2.16. The van der Waals surface area contributed by atoms with Gasteiger partial charge in [-0.2, -0.15) is 0 Å². The molecular weight excluding hydrogens is 322 g/mol. The Morgan fingerprint density at radius 1 is 1.26 bits per heavy atom. The molecule has 2 rings (SSSR count). The lowest BCUT2D eigenvalue weighted by Gasteiger charge is -2.32. The van der Waals surface area contributed by atoms with Crippen molar-refractivity contribution >= 4 is 35.7 Å². The Bertz CT molecular complexity index is 632. The molecule has 1 atom stereocenters. The molecule has 1 aliphatic heterocycles. The van der Waals surface area contributed by atoms with Gasteiger partial charge in [0, 0.05) is 24.7 Å². The zero-order valence-corrected chi connectivity index (χ0v) is 13.2. The normalized spacial score (nSPS) is 16.3. The summed E-state index contributed by atoms with van der Waals surface area (Å²) in [6, 6.07) is 4.43. The van der Waals surface area contributed by atoms with Crippen molar-refractivity contribution in [2.45, 2.75) is 13.0 Å². The van der Waals surface area contributed by atoms with Crippen molar-refractivity contribution in [1.82, 2.24) is 15.1 Å². The van der Waals surface area contributed by atoms with Gasteiger partial charge in [-0.3, -0.25) is 19.3 Å². The number of carbonyl (C=O) groups excluding carboxylic acids is 4. The molecule has 7 nitrogen and oxygen atoms in total. The fourth-order valence-corrected chi connectivity index (χ4v) is 2.33. The molecule has 1 N–H and O–H groups in total. The van der Waals surface area contributed by atoms with Gasteiger partial charge in [-0.25, -0.2) is 4.79 Å². The lowest BCUT2D eigenvalue weighted by atomic mass is 10.1. The van der Waals surface area contributed by atoms with Crippen LogP contribution in [0.4, 0.5) is 4.79 Å². The Morgan fingerprint density at radius 2 is 1.91 bits per heavy atom. The van der Waals surface area contributed by atoms with Crippen LogP contribution in [-0.2, 0) is 14.4 Å². The van der Waals surface area contributed by atoms with Gasteiger partial charge in [0.25, 0.3) is 0 Å². The van der Waals surface area contributed by atoms with Crippen LogP contribution in [-0.4, -0.2) is 53.6 Å². The van der Waals surface area contributed by atoms with Crippen LogP contribution >= 0.6 is 11.6 Å². The molecule has 0 saturated carbocycles. The Balaban J connectivity index is 2.08. The summed E-state index contributed by atoms with van der Waals surface area (Å²) < 4.78 is 0. The first-order chi connectivity index (χ1) is 11.0. The van der Waals surface area contributed by atoms with Crippen LogP contribution in [0.2, 0.25) is 5.02 Å². The predicted octanol–water partition coefficient (Wildman–Crippen LogP) is 0.891. The number of urea groups is 1. The summed E-state index contributed by atoms with van der Waals surface area (Å²) in [5.41, 5.74) is 0.476. The van der Waals surface area contributed by atoms with Crippen molar-refractivity contribution in [1.29, 1.82) is 0 Å². The number of amides is 4. The SMILES string of the molecule is CCN1CCN(C(=O)NC([C]=O)c2ccc(Cl)cc2)C(=O)C1=O. The van der Waals surface area contributed by atoms with Crippen LogP contribution in [0.1, 0.15) is 18.5 Å². The number of rotatable bonds is 4. The third-order valence-corrected chi connectivity index (χ3v) is 3.78. The summed E-state index contributed by atoms with van der Waals surface area (Å²) in [6.45, 7) is 2.50. The second-order valence-electron chi connectivity index (χ2n) is 4.89. The number of likely N-dealkylation sites (N-methyl/N-ethyl adjacent to an activating group) is 1. The van der Waals surface area contributed by atoms with Gasteiger partial charge in [0.1, 0.15) is 6.04 Å². The lowest BCUT2D eigenvalue weighted by Crippen LogP contribution is -2.58. The summed E-state index contributed by atoms with van der Waals surface area (Å²) in [4.78, 5) is 49.2. The van der Waals surface area contributed by atoms with E-state index in [1.54, 1.807) is 37.5 Å². The molecule has 1 fully saturated rings. The van der Waals surface area contributed by atoms with Crippen molar-refractivity contribution < 1.29 is 19.2 Å². The zero-order valence-electron chi connectivity index (χ0n) is 12.4. The zero-order chi connectivity index (χ0) is 17.0. The topological polar surface area (TPSA) is 86.8 Å². The highest BCUT2D eigenvalue weighted by atomic mass is 35.5. The average Bonchev–Trinajstić information content (AvgIpc) is 2.55. The second kappa shape index (κ2) is 7.23. The molecule has 1 radical (unpaired) electrons. The summed E-state index contributed by atoms with van der Waals surface area (Å²) in [5.74, 6) is -1.64. The van der Waals surface area contributed by atoms with E-state index < -0.39 is 23.9 Å². The number of piperazine rings is 1. The molecule has 0 aromatic heterocycles. The van der Waals surface area contributed by atoms with Crippen molar-refractivity contribution in [2.75, 3.05) is 19.6 Å². The molecule has 0 spiro atoms. The number of benzene rings is 1. The van der Waals surface area contributed by atoms with E-state index in [1.165, 1.54) is 4.90 Å². The highest BCUT2D eigenvalue weighted by molar-refractivity contribution is 6.38. The number of carbonyl (C=O) groups is 3. The van der Waals surface area contributed by atoms with Crippen LogP contribution in [0.3, 0.4) is 0 Å². The van der Waals surface area contributed by atoms with E-state index in [2.05, 4.69) is 5.32 Å². The van der Waals surface area contributed by atoms with E-state index in [0.29, 0.717) is 17.1 Å².